The highest BCUT2D eigenvalue weighted by atomic mass is 19.1. The number of carbonyl (C=O) groups is 2. The first kappa shape index (κ1) is 22.9. The number of hydrogen-bond donors (Lipinski definition) is 2. The highest BCUT2D eigenvalue weighted by Crippen LogP contribution is 2.37. The van der Waals surface area contributed by atoms with Crippen molar-refractivity contribution in [1.82, 2.24) is 19.8 Å². The van der Waals surface area contributed by atoms with Crippen molar-refractivity contribution in [1.29, 1.82) is 0 Å². The fraction of sp³-hybridized carbons (Fsp3) is 0.320. The monoisotopic (exact) mass is 480 g/mol. The first-order chi connectivity index (χ1) is 16.7. The highest BCUT2D eigenvalue weighted by Gasteiger charge is 2.34. The van der Waals surface area contributed by atoms with E-state index in [1.54, 1.807) is 37.1 Å². The minimum Gasteiger partial charge on any atom is -0.457 e. The number of amides is 2. The number of fused-ring (bicyclic) bond motifs is 2. The summed E-state index contributed by atoms with van der Waals surface area (Å²) in [7, 11) is 1.49. The second-order valence-electron chi connectivity index (χ2n) is 8.72. The number of aryl methyl sites for hydroxylation is 2. The summed E-state index contributed by atoms with van der Waals surface area (Å²) in [6.07, 6.45) is 3.08. The number of ether oxygens (including phenoxy) is 1. The van der Waals surface area contributed by atoms with Gasteiger partial charge < -0.3 is 24.5 Å². The van der Waals surface area contributed by atoms with E-state index in [-0.39, 0.29) is 34.8 Å². The minimum atomic E-state index is -0.740. The average molecular weight is 480 g/mol. The van der Waals surface area contributed by atoms with Gasteiger partial charge in [0.15, 0.2) is 17.1 Å². The molecular formula is C25H25FN4O5. The topological polar surface area (TPSA) is 109 Å². The molecule has 3 aromatic heterocycles. The van der Waals surface area contributed by atoms with Crippen LogP contribution in [0.1, 0.15) is 45.4 Å². The van der Waals surface area contributed by atoms with Crippen LogP contribution in [0.4, 0.5) is 4.39 Å². The van der Waals surface area contributed by atoms with Crippen LogP contribution in [0.2, 0.25) is 0 Å². The zero-order chi connectivity index (χ0) is 25.0. The molecule has 0 unspecified atom stereocenters. The Balaban J connectivity index is 1.54. The molecule has 0 bridgehead atoms. The maximum Gasteiger partial charge on any atom is 0.256 e. The molecule has 9 nitrogen and oxygen atoms in total. The van der Waals surface area contributed by atoms with E-state index in [9.17, 15) is 14.7 Å². The third kappa shape index (κ3) is 3.52. The number of hydrogen-bond acceptors (Lipinski definition) is 6. The number of carbonyl (C=O) groups excluding carboxylic acids is 2. The molecule has 4 heterocycles. The van der Waals surface area contributed by atoms with Crippen molar-refractivity contribution in [2.24, 2.45) is 0 Å². The third-order valence-corrected chi connectivity index (χ3v) is 6.71. The molecular weight excluding hydrogens is 455 g/mol. The fourth-order valence-electron chi connectivity index (χ4n) is 4.72. The molecule has 1 aromatic carbocycles. The Hall–Kier alpha value is -3.92. The Morgan fingerprint density at radius 3 is 2.71 bits per heavy atom. The largest absolute Gasteiger partial charge is 0.457 e. The van der Waals surface area contributed by atoms with Crippen LogP contribution in [0.3, 0.4) is 0 Å². The van der Waals surface area contributed by atoms with E-state index in [0.717, 1.165) is 0 Å². The lowest BCUT2D eigenvalue weighted by molar-refractivity contribution is 0.0666. The van der Waals surface area contributed by atoms with Crippen LogP contribution >= 0.6 is 0 Å². The molecule has 1 aliphatic heterocycles. The Bertz CT molecular complexity index is 1490. The van der Waals surface area contributed by atoms with Gasteiger partial charge in [-0.05, 0) is 44.9 Å². The molecule has 182 valence electrons. The van der Waals surface area contributed by atoms with Crippen LogP contribution in [-0.4, -0.2) is 57.2 Å². The molecule has 5 rings (SSSR count). The molecule has 2 atom stereocenters. The predicted octanol–water partition coefficient (Wildman–Crippen LogP) is 3.58. The molecule has 0 aliphatic carbocycles. The summed E-state index contributed by atoms with van der Waals surface area (Å²) in [4.78, 5) is 27.0. The molecule has 4 aromatic rings. The fourth-order valence-corrected chi connectivity index (χ4v) is 4.72. The van der Waals surface area contributed by atoms with Gasteiger partial charge in [-0.25, -0.2) is 4.52 Å². The minimum absolute atomic E-state index is 0.0757. The Morgan fingerprint density at radius 2 is 2.03 bits per heavy atom. The molecule has 0 radical (unpaired) electrons. The SMILES string of the molecule is CNC(=O)c1c(C)oc2c(F)c(Oc3ccnn4cc(C(=O)N5CC[C@@H](O)[C@H]5C)c(C)c34)ccc12. The number of furan rings is 1. The van der Waals surface area contributed by atoms with Crippen LogP contribution in [0.25, 0.3) is 16.5 Å². The van der Waals surface area contributed by atoms with Crippen molar-refractivity contribution in [3.63, 3.8) is 0 Å². The van der Waals surface area contributed by atoms with Gasteiger partial charge in [0.1, 0.15) is 11.3 Å². The number of nitrogens with zero attached hydrogens (tertiary/aromatic N) is 3. The summed E-state index contributed by atoms with van der Waals surface area (Å²) >= 11 is 0. The number of likely N-dealkylation sites (tertiary alicyclic amines) is 1. The van der Waals surface area contributed by atoms with Crippen molar-refractivity contribution < 1.29 is 28.2 Å². The number of aliphatic hydroxyl groups excluding tert-OH is 1. The Kier molecular flexibility index (Phi) is 5.47. The maximum atomic E-state index is 15.4. The highest BCUT2D eigenvalue weighted by molar-refractivity contribution is 6.07. The number of benzene rings is 1. The first-order valence-corrected chi connectivity index (χ1v) is 11.3. The number of aromatic nitrogens is 2. The van der Waals surface area contributed by atoms with E-state index in [1.165, 1.54) is 23.8 Å². The Labute approximate surface area is 200 Å². The second kappa shape index (κ2) is 8.38. The summed E-state index contributed by atoms with van der Waals surface area (Å²) < 4.78 is 28.4. The van der Waals surface area contributed by atoms with E-state index in [0.29, 0.717) is 46.5 Å². The summed E-state index contributed by atoms with van der Waals surface area (Å²) in [5.74, 6) is -0.800. The smallest absolute Gasteiger partial charge is 0.256 e. The standard InChI is InChI=1S/C25H25FN4O5/c1-12-16(25(33)29-10-8-17(31)13(29)2)11-30-22(12)19(7-9-28-30)35-18-6-5-15-20(24(32)27-4)14(3)34-23(15)21(18)26/h5-7,9,11,13,17,31H,8,10H2,1-4H3,(H,27,32)/t13-,17-/m1/s1. The normalized spacial score (nSPS) is 17.9. The van der Waals surface area contributed by atoms with Crippen molar-refractivity contribution in [2.75, 3.05) is 13.6 Å². The van der Waals surface area contributed by atoms with Crippen LogP contribution in [0.5, 0.6) is 11.5 Å². The molecule has 1 fully saturated rings. The van der Waals surface area contributed by atoms with Gasteiger partial charge in [0.25, 0.3) is 11.8 Å². The summed E-state index contributed by atoms with van der Waals surface area (Å²) in [5.41, 5.74) is 1.77. The molecule has 2 N–H and O–H groups in total. The first-order valence-electron chi connectivity index (χ1n) is 11.3. The molecule has 2 amide bonds. The molecule has 0 saturated carbocycles. The van der Waals surface area contributed by atoms with Gasteiger partial charge >= 0.3 is 0 Å². The van der Waals surface area contributed by atoms with Crippen LogP contribution in [0, 0.1) is 19.7 Å². The van der Waals surface area contributed by atoms with E-state index < -0.39 is 11.9 Å². The number of aliphatic hydroxyl groups is 1. The lowest BCUT2D eigenvalue weighted by Gasteiger charge is -2.22. The zero-order valence-corrected chi connectivity index (χ0v) is 19.8. The van der Waals surface area contributed by atoms with E-state index in [1.807, 2.05) is 6.92 Å². The van der Waals surface area contributed by atoms with Crippen molar-refractivity contribution >= 4 is 28.3 Å². The van der Waals surface area contributed by atoms with Crippen LogP contribution in [0.15, 0.2) is 35.0 Å². The van der Waals surface area contributed by atoms with E-state index in [4.69, 9.17) is 9.15 Å². The van der Waals surface area contributed by atoms with Gasteiger partial charge in [0, 0.05) is 31.2 Å². The predicted molar refractivity (Wildman–Crippen MR) is 125 cm³/mol. The second-order valence-corrected chi connectivity index (χ2v) is 8.72. The summed E-state index contributed by atoms with van der Waals surface area (Å²) in [6, 6.07) is 4.32. The quantitative estimate of drug-likeness (QED) is 0.462. The summed E-state index contributed by atoms with van der Waals surface area (Å²) in [6.45, 7) is 5.66. The Morgan fingerprint density at radius 1 is 1.26 bits per heavy atom. The maximum absolute atomic E-state index is 15.4. The van der Waals surface area contributed by atoms with Crippen LogP contribution < -0.4 is 10.1 Å². The van der Waals surface area contributed by atoms with Crippen molar-refractivity contribution in [3.05, 3.63) is 58.9 Å². The van der Waals surface area contributed by atoms with Crippen LogP contribution in [-0.2, 0) is 0 Å². The third-order valence-electron chi connectivity index (χ3n) is 6.71. The summed E-state index contributed by atoms with van der Waals surface area (Å²) in [5, 5.41) is 17.2. The number of rotatable bonds is 4. The number of halogens is 1. The molecule has 0 spiro atoms. The van der Waals surface area contributed by atoms with E-state index >= 15 is 4.39 Å². The van der Waals surface area contributed by atoms with Gasteiger partial charge in [0.05, 0.1) is 29.5 Å². The lowest BCUT2D eigenvalue weighted by Crippen LogP contribution is -2.37. The molecule has 10 heteroatoms. The van der Waals surface area contributed by atoms with Crippen molar-refractivity contribution in [2.45, 2.75) is 39.3 Å². The molecule has 1 aliphatic rings. The van der Waals surface area contributed by atoms with Gasteiger partial charge in [0.2, 0.25) is 5.82 Å². The van der Waals surface area contributed by atoms with Gasteiger partial charge in [-0.2, -0.15) is 9.49 Å². The zero-order valence-electron chi connectivity index (χ0n) is 19.8. The van der Waals surface area contributed by atoms with Gasteiger partial charge in [-0.15, -0.1) is 0 Å². The number of nitrogens with one attached hydrogen (secondary N) is 1. The van der Waals surface area contributed by atoms with Crippen molar-refractivity contribution in [3.8, 4) is 11.5 Å². The van der Waals surface area contributed by atoms with Gasteiger partial charge in [-0.3, -0.25) is 9.59 Å². The lowest BCUT2D eigenvalue weighted by atomic mass is 10.1. The van der Waals surface area contributed by atoms with Gasteiger partial charge in [-0.1, -0.05) is 0 Å². The molecule has 35 heavy (non-hydrogen) atoms. The average Bonchev–Trinajstić information content (AvgIpc) is 3.48. The molecule has 1 saturated heterocycles. The van der Waals surface area contributed by atoms with E-state index in [2.05, 4.69) is 10.4 Å².